The molecule has 0 aliphatic heterocycles. The molecular formula is C16H20FNS. The normalized spacial score (nSPS) is 12.6. The Labute approximate surface area is 118 Å². The van der Waals surface area contributed by atoms with Gasteiger partial charge in [0.15, 0.2) is 0 Å². The van der Waals surface area contributed by atoms with Gasteiger partial charge in [-0.15, -0.1) is 0 Å². The van der Waals surface area contributed by atoms with Gasteiger partial charge in [0.2, 0.25) is 0 Å². The quantitative estimate of drug-likeness (QED) is 0.821. The fraction of sp³-hybridized carbons (Fsp3) is 0.375. The molecule has 0 saturated carbocycles. The maximum atomic E-state index is 14.1. The fourth-order valence-electron chi connectivity index (χ4n) is 2.27. The monoisotopic (exact) mass is 277 g/mol. The van der Waals surface area contributed by atoms with E-state index in [1.165, 1.54) is 5.56 Å². The van der Waals surface area contributed by atoms with Gasteiger partial charge in [-0.25, -0.2) is 4.39 Å². The van der Waals surface area contributed by atoms with Crippen molar-refractivity contribution in [2.24, 2.45) is 0 Å². The lowest BCUT2D eigenvalue weighted by Crippen LogP contribution is -2.22. The predicted molar refractivity (Wildman–Crippen MR) is 80.2 cm³/mol. The Balaban J connectivity index is 2.10. The van der Waals surface area contributed by atoms with Crippen LogP contribution in [0.2, 0.25) is 0 Å². The Hall–Kier alpha value is -1.19. The van der Waals surface area contributed by atoms with Crippen LogP contribution in [0.25, 0.3) is 0 Å². The molecule has 0 bridgehead atoms. The molecule has 1 heterocycles. The number of benzene rings is 1. The van der Waals surface area contributed by atoms with E-state index in [0.717, 1.165) is 30.5 Å². The maximum Gasteiger partial charge on any atom is 0.128 e. The zero-order chi connectivity index (χ0) is 13.7. The molecule has 19 heavy (non-hydrogen) atoms. The second-order valence-electron chi connectivity index (χ2n) is 4.81. The van der Waals surface area contributed by atoms with Gasteiger partial charge in [0.1, 0.15) is 5.82 Å². The molecule has 1 unspecified atom stereocenters. The molecular weight excluding hydrogens is 257 g/mol. The minimum absolute atomic E-state index is 0.0884. The molecule has 0 spiro atoms. The maximum absolute atomic E-state index is 14.1. The molecule has 0 fully saturated rings. The standard InChI is InChI=1S/C16H20FNS/c1-3-18-16(7-5-13-8-9-19-11-13)14-6-4-12(2)10-15(14)17/h4,6,8-11,16,18H,3,5,7H2,1-2H3. The van der Waals surface area contributed by atoms with Gasteiger partial charge in [0.25, 0.3) is 0 Å². The third-order valence-corrected chi connectivity index (χ3v) is 4.02. The fourth-order valence-corrected chi connectivity index (χ4v) is 2.98. The van der Waals surface area contributed by atoms with E-state index in [1.54, 1.807) is 17.4 Å². The molecule has 0 saturated heterocycles. The Bertz CT molecular complexity index is 507. The van der Waals surface area contributed by atoms with Crippen LogP contribution < -0.4 is 5.32 Å². The lowest BCUT2D eigenvalue weighted by molar-refractivity contribution is 0.485. The third-order valence-electron chi connectivity index (χ3n) is 3.28. The highest BCUT2D eigenvalue weighted by Gasteiger charge is 2.14. The summed E-state index contributed by atoms with van der Waals surface area (Å²) in [4.78, 5) is 0. The van der Waals surface area contributed by atoms with Crippen molar-refractivity contribution in [3.63, 3.8) is 0 Å². The van der Waals surface area contributed by atoms with Crippen LogP contribution in [0, 0.1) is 12.7 Å². The molecule has 1 aromatic heterocycles. The van der Waals surface area contributed by atoms with E-state index in [9.17, 15) is 4.39 Å². The van der Waals surface area contributed by atoms with Crippen molar-refractivity contribution in [3.05, 3.63) is 57.5 Å². The topological polar surface area (TPSA) is 12.0 Å². The van der Waals surface area contributed by atoms with Gasteiger partial charge in [-0.05, 0) is 60.3 Å². The minimum atomic E-state index is -0.101. The van der Waals surface area contributed by atoms with E-state index in [2.05, 4.69) is 29.1 Å². The number of thiophene rings is 1. The SMILES string of the molecule is CCNC(CCc1ccsc1)c1ccc(C)cc1F. The highest BCUT2D eigenvalue weighted by molar-refractivity contribution is 7.07. The zero-order valence-corrected chi connectivity index (χ0v) is 12.3. The molecule has 0 aliphatic rings. The first-order valence-electron chi connectivity index (χ1n) is 6.71. The van der Waals surface area contributed by atoms with Crippen molar-refractivity contribution < 1.29 is 4.39 Å². The largest absolute Gasteiger partial charge is 0.310 e. The van der Waals surface area contributed by atoms with Gasteiger partial charge in [0.05, 0.1) is 0 Å². The van der Waals surface area contributed by atoms with Crippen LogP contribution in [0.15, 0.2) is 35.0 Å². The predicted octanol–water partition coefficient (Wildman–Crippen LogP) is 4.48. The average molecular weight is 277 g/mol. The molecule has 1 N–H and O–H groups in total. The first-order valence-corrected chi connectivity index (χ1v) is 7.65. The minimum Gasteiger partial charge on any atom is -0.310 e. The van der Waals surface area contributed by atoms with Crippen LogP contribution in [-0.2, 0) is 6.42 Å². The summed E-state index contributed by atoms with van der Waals surface area (Å²) in [6.07, 6.45) is 1.90. The summed E-state index contributed by atoms with van der Waals surface area (Å²) in [5, 5.41) is 7.63. The molecule has 0 radical (unpaired) electrons. The number of halogens is 1. The summed E-state index contributed by atoms with van der Waals surface area (Å²) in [7, 11) is 0. The summed E-state index contributed by atoms with van der Waals surface area (Å²) < 4.78 is 14.1. The zero-order valence-electron chi connectivity index (χ0n) is 11.4. The van der Waals surface area contributed by atoms with Gasteiger partial charge < -0.3 is 5.32 Å². The van der Waals surface area contributed by atoms with E-state index in [4.69, 9.17) is 0 Å². The first kappa shape index (κ1) is 14.2. The smallest absolute Gasteiger partial charge is 0.128 e. The summed E-state index contributed by atoms with van der Waals surface area (Å²) in [6, 6.07) is 7.73. The van der Waals surface area contributed by atoms with Gasteiger partial charge in [0, 0.05) is 11.6 Å². The lowest BCUT2D eigenvalue weighted by Gasteiger charge is -2.19. The van der Waals surface area contributed by atoms with Gasteiger partial charge >= 0.3 is 0 Å². The summed E-state index contributed by atoms with van der Waals surface area (Å²) in [5.74, 6) is -0.101. The van der Waals surface area contributed by atoms with E-state index in [-0.39, 0.29) is 11.9 Å². The molecule has 1 nitrogen and oxygen atoms in total. The van der Waals surface area contributed by atoms with Crippen molar-refractivity contribution in [2.45, 2.75) is 32.7 Å². The number of nitrogens with one attached hydrogen (secondary N) is 1. The number of hydrogen-bond donors (Lipinski definition) is 1. The third kappa shape index (κ3) is 3.88. The number of hydrogen-bond acceptors (Lipinski definition) is 2. The van der Waals surface area contributed by atoms with Gasteiger partial charge in [-0.1, -0.05) is 19.1 Å². The van der Waals surface area contributed by atoms with Gasteiger partial charge in [-0.2, -0.15) is 11.3 Å². The molecule has 0 aliphatic carbocycles. The number of aryl methyl sites for hydroxylation is 2. The van der Waals surface area contributed by atoms with Crippen LogP contribution in [0.5, 0.6) is 0 Å². The van der Waals surface area contributed by atoms with Crippen LogP contribution >= 0.6 is 11.3 Å². The molecule has 0 amide bonds. The second-order valence-corrected chi connectivity index (χ2v) is 5.59. The Morgan fingerprint density at radius 2 is 2.16 bits per heavy atom. The van der Waals surface area contributed by atoms with Crippen molar-refractivity contribution in [3.8, 4) is 0 Å². The highest BCUT2D eigenvalue weighted by atomic mass is 32.1. The van der Waals surface area contributed by atoms with Crippen LogP contribution in [0.3, 0.4) is 0 Å². The molecule has 1 atom stereocenters. The van der Waals surface area contributed by atoms with E-state index < -0.39 is 0 Å². The van der Waals surface area contributed by atoms with Crippen LogP contribution in [-0.4, -0.2) is 6.54 Å². The molecule has 3 heteroatoms. The second kappa shape index (κ2) is 6.83. The van der Waals surface area contributed by atoms with Crippen LogP contribution in [0.4, 0.5) is 4.39 Å². The highest BCUT2D eigenvalue weighted by Crippen LogP contribution is 2.23. The summed E-state index contributed by atoms with van der Waals surface area (Å²) in [5.41, 5.74) is 3.08. The Kier molecular flexibility index (Phi) is 5.11. The molecule has 1 aromatic carbocycles. The van der Waals surface area contributed by atoms with Crippen molar-refractivity contribution >= 4 is 11.3 Å². The molecule has 2 rings (SSSR count). The van der Waals surface area contributed by atoms with E-state index >= 15 is 0 Å². The summed E-state index contributed by atoms with van der Waals surface area (Å²) in [6.45, 7) is 4.83. The van der Waals surface area contributed by atoms with Crippen molar-refractivity contribution in [1.29, 1.82) is 0 Å². The van der Waals surface area contributed by atoms with Crippen LogP contribution in [0.1, 0.15) is 36.1 Å². The first-order chi connectivity index (χ1) is 9.20. The van der Waals surface area contributed by atoms with E-state index in [0.29, 0.717) is 0 Å². The lowest BCUT2D eigenvalue weighted by atomic mass is 9.98. The Morgan fingerprint density at radius 3 is 2.79 bits per heavy atom. The Morgan fingerprint density at radius 1 is 1.32 bits per heavy atom. The average Bonchev–Trinajstić information content (AvgIpc) is 2.88. The number of rotatable bonds is 6. The van der Waals surface area contributed by atoms with Crippen molar-refractivity contribution in [1.82, 2.24) is 5.32 Å². The van der Waals surface area contributed by atoms with E-state index in [1.807, 2.05) is 19.1 Å². The van der Waals surface area contributed by atoms with Gasteiger partial charge in [-0.3, -0.25) is 0 Å². The summed E-state index contributed by atoms with van der Waals surface area (Å²) >= 11 is 1.71. The molecule has 2 aromatic rings. The molecule has 102 valence electrons. The van der Waals surface area contributed by atoms with Crippen molar-refractivity contribution in [2.75, 3.05) is 6.54 Å².